The first-order valence-corrected chi connectivity index (χ1v) is 4.41. The molecular weight excluding hydrogens is 211 g/mol. The summed E-state index contributed by atoms with van der Waals surface area (Å²) in [5, 5.41) is 9.60. The van der Waals surface area contributed by atoms with Gasteiger partial charge < -0.3 is 5.11 Å². The molecule has 70 valence electrons. The molecule has 1 aromatic carbocycles. The van der Waals surface area contributed by atoms with Gasteiger partial charge in [-0.3, -0.25) is 4.79 Å². The van der Waals surface area contributed by atoms with Crippen LogP contribution in [0.1, 0.15) is 22.8 Å². The molecule has 1 N–H and O–H groups in total. The van der Waals surface area contributed by atoms with E-state index in [4.69, 9.17) is 28.3 Å². The summed E-state index contributed by atoms with van der Waals surface area (Å²) in [5.41, 5.74) is 0.916. The predicted octanol–water partition coefficient (Wildman–Crippen LogP) is 2.69. The van der Waals surface area contributed by atoms with Crippen molar-refractivity contribution in [2.24, 2.45) is 0 Å². The Kier molecular flexibility index (Phi) is 3.31. The van der Waals surface area contributed by atoms with Crippen molar-refractivity contribution in [3.05, 3.63) is 33.3 Å². The lowest BCUT2D eigenvalue weighted by Gasteiger charge is -2.05. The molecule has 0 saturated carbocycles. The molecule has 0 spiro atoms. The summed E-state index contributed by atoms with van der Waals surface area (Å²) in [5.74, 6) is -0.136. The quantitative estimate of drug-likeness (QED) is 0.776. The lowest BCUT2D eigenvalue weighted by atomic mass is 10.1. The van der Waals surface area contributed by atoms with Gasteiger partial charge in [-0.2, -0.15) is 0 Å². The van der Waals surface area contributed by atoms with Crippen molar-refractivity contribution >= 4 is 29.0 Å². The number of halogens is 2. The van der Waals surface area contributed by atoms with E-state index in [0.717, 1.165) is 0 Å². The molecule has 0 heterocycles. The standard InChI is InChI=1S/C9H8Cl2O2/c1-5(13)7-3-9(11)8(10)2-6(7)4-12/h2-3,12H,4H2,1H3. The Morgan fingerprint density at radius 2 is 1.92 bits per heavy atom. The Morgan fingerprint density at radius 1 is 1.38 bits per heavy atom. The van der Waals surface area contributed by atoms with Gasteiger partial charge in [0.1, 0.15) is 0 Å². The van der Waals surface area contributed by atoms with E-state index in [1.807, 2.05) is 0 Å². The average molecular weight is 219 g/mol. The van der Waals surface area contributed by atoms with Gasteiger partial charge in [-0.1, -0.05) is 23.2 Å². The molecule has 0 fully saturated rings. The summed E-state index contributed by atoms with van der Waals surface area (Å²) < 4.78 is 0. The van der Waals surface area contributed by atoms with Crippen molar-refractivity contribution in [3.8, 4) is 0 Å². The van der Waals surface area contributed by atoms with Crippen LogP contribution in [0.5, 0.6) is 0 Å². The molecule has 0 aliphatic rings. The van der Waals surface area contributed by atoms with Crippen molar-refractivity contribution < 1.29 is 9.90 Å². The third-order valence-electron chi connectivity index (χ3n) is 1.70. The Morgan fingerprint density at radius 3 is 2.38 bits per heavy atom. The third-order valence-corrected chi connectivity index (χ3v) is 2.42. The van der Waals surface area contributed by atoms with Crippen molar-refractivity contribution in [1.29, 1.82) is 0 Å². The minimum atomic E-state index is -0.216. The lowest BCUT2D eigenvalue weighted by molar-refractivity contribution is 0.101. The minimum absolute atomic E-state index is 0.136. The molecular formula is C9H8Cl2O2. The first-order chi connectivity index (χ1) is 6.06. The summed E-state index contributed by atoms with van der Waals surface area (Å²) in [6, 6.07) is 2.97. The van der Waals surface area contributed by atoms with E-state index in [9.17, 15) is 4.79 Å². The van der Waals surface area contributed by atoms with Gasteiger partial charge in [-0.25, -0.2) is 0 Å². The number of rotatable bonds is 2. The molecule has 4 heteroatoms. The summed E-state index contributed by atoms with van der Waals surface area (Å²) in [6.45, 7) is 1.20. The first-order valence-electron chi connectivity index (χ1n) is 3.66. The molecule has 1 rings (SSSR count). The second-order valence-electron chi connectivity index (χ2n) is 2.64. The van der Waals surface area contributed by atoms with E-state index in [0.29, 0.717) is 21.2 Å². The Balaban J connectivity index is 3.33. The van der Waals surface area contributed by atoms with Crippen LogP contribution in [0.3, 0.4) is 0 Å². The Bertz CT molecular complexity index is 348. The zero-order chi connectivity index (χ0) is 10.0. The molecule has 0 aliphatic carbocycles. The normalized spacial score (nSPS) is 10.2. The Labute approximate surface area is 86.1 Å². The van der Waals surface area contributed by atoms with Crippen LogP contribution in [-0.2, 0) is 6.61 Å². The van der Waals surface area contributed by atoms with E-state index < -0.39 is 0 Å². The fourth-order valence-corrected chi connectivity index (χ4v) is 1.40. The van der Waals surface area contributed by atoms with Crippen LogP contribution in [0, 0.1) is 0 Å². The highest BCUT2D eigenvalue weighted by molar-refractivity contribution is 6.42. The maximum Gasteiger partial charge on any atom is 0.160 e. The summed E-state index contributed by atoms with van der Waals surface area (Å²) in [6.07, 6.45) is 0. The number of aliphatic hydroxyl groups excluding tert-OH is 1. The first kappa shape index (κ1) is 10.5. The second kappa shape index (κ2) is 4.09. The summed E-state index contributed by atoms with van der Waals surface area (Å²) >= 11 is 11.4. The highest BCUT2D eigenvalue weighted by atomic mass is 35.5. The third kappa shape index (κ3) is 2.21. The minimum Gasteiger partial charge on any atom is -0.392 e. The number of hydrogen-bond acceptors (Lipinski definition) is 2. The summed E-state index contributed by atoms with van der Waals surface area (Å²) in [4.78, 5) is 11.1. The van der Waals surface area contributed by atoms with Gasteiger partial charge in [0.2, 0.25) is 0 Å². The fourth-order valence-electron chi connectivity index (χ4n) is 1.05. The molecule has 0 radical (unpaired) electrons. The van der Waals surface area contributed by atoms with Crippen LogP contribution in [0.4, 0.5) is 0 Å². The number of benzene rings is 1. The predicted molar refractivity (Wildman–Crippen MR) is 52.4 cm³/mol. The van der Waals surface area contributed by atoms with Crippen LogP contribution >= 0.6 is 23.2 Å². The topological polar surface area (TPSA) is 37.3 Å². The molecule has 0 amide bonds. The van der Waals surface area contributed by atoms with Gasteiger partial charge in [-0.15, -0.1) is 0 Å². The van der Waals surface area contributed by atoms with Crippen LogP contribution in [0.15, 0.2) is 12.1 Å². The molecule has 0 saturated heterocycles. The Hall–Kier alpha value is -0.570. The molecule has 1 aromatic rings. The zero-order valence-electron chi connectivity index (χ0n) is 6.97. The van der Waals surface area contributed by atoms with Crippen LogP contribution in [-0.4, -0.2) is 10.9 Å². The highest BCUT2D eigenvalue weighted by Gasteiger charge is 2.09. The number of carbonyl (C=O) groups is 1. The molecule has 0 aliphatic heterocycles. The van der Waals surface area contributed by atoms with E-state index in [2.05, 4.69) is 0 Å². The van der Waals surface area contributed by atoms with Gasteiger partial charge in [0.15, 0.2) is 5.78 Å². The molecule has 13 heavy (non-hydrogen) atoms. The van der Waals surface area contributed by atoms with Crippen LogP contribution in [0.2, 0.25) is 10.0 Å². The van der Waals surface area contributed by atoms with Gasteiger partial charge in [0.05, 0.1) is 16.7 Å². The zero-order valence-corrected chi connectivity index (χ0v) is 8.49. The number of carbonyl (C=O) groups excluding carboxylic acids is 1. The van der Waals surface area contributed by atoms with E-state index in [-0.39, 0.29) is 12.4 Å². The molecule has 0 unspecified atom stereocenters. The number of aliphatic hydroxyl groups is 1. The second-order valence-corrected chi connectivity index (χ2v) is 3.45. The van der Waals surface area contributed by atoms with E-state index in [1.54, 1.807) is 0 Å². The van der Waals surface area contributed by atoms with Gasteiger partial charge in [-0.05, 0) is 24.6 Å². The lowest BCUT2D eigenvalue weighted by Crippen LogP contribution is -1.99. The van der Waals surface area contributed by atoms with Crippen molar-refractivity contribution in [1.82, 2.24) is 0 Å². The van der Waals surface area contributed by atoms with Crippen molar-refractivity contribution in [2.75, 3.05) is 0 Å². The smallest absolute Gasteiger partial charge is 0.160 e. The van der Waals surface area contributed by atoms with Crippen molar-refractivity contribution in [2.45, 2.75) is 13.5 Å². The SMILES string of the molecule is CC(=O)c1cc(Cl)c(Cl)cc1CO. The highest BCUT2D eigenvalue weighted by Crippen LogP contribution is 2.26. The maximum atomic E-state index is 11.1. The fraction of sp³-hybridized carbons (Fsp3) is 0.222. The largest absolute Gasteiger partial charge is 0.392 e. The average Bonchev–Trinajstić information content (AvgIpc) is 2.08. The van der Waals surface area contributed by atoms with Crippen LogP contribution < -0.4 is 0 Å². The van der Waals surface area contributed by atoms with Gasteiger partial charge in [0, 0.05) is 5.56 Å². The maximum absolute atomic E-state index is 11.1. The van der Waals surface area contributed by atoms with Gasteiger partial charge >= 0.3 is 0 Å². The molecule has 0 bridgehead atoms. The monoisotopic (exact) mass is 218 g/mol. The number of hydrogen-bond donors (Lipinski definition) is 1. The van der Waals surface area contributed by atoms with E-state index in [1.165, 1.54) is 19.1 Å². The molecule has 0 atom stereocenters. The van der Waals surface area contributed by atoms with Gasteiger partial charge in [0.25, 0.3) is 0 Å². The molecule has 2 nitrogen and oxygen atoms in total. The summed E-state index contributed by atoms with van der Waals surface area (Å²) in [7, 11) is 0. The number of Topliss-reactive ketones (excluding diaryl/α,β-unsaturated/α-hetero) is 1. The van der Waals surface area contributed by atoms with E-state index >= 15 is 0 Å². The number of ketones is 1. The molecule has 0 aromatic heterocycles. The van der Waals surface area contributed by atoms with Crippen LogP contribution in [0.25, 0.3) is 0 Å². The van der Waals surface area contributed by atoms with Crippen molar-refractivity contribution in [3.63, 3.8) is 0 Å².